The maximum absolute atomic E-state index is 11.9. The van der Waals surface area contributed by atoms with E-state index in [0.717, 1.165) is 16.4 Å². The maximum Gasteiger partial charge on any atom is 0.251 e. The lowest BCUT2D eigenvalue weighted by atomic mass is 10.1. The van der Waals surface area contributed by atoms with Crippen molar-refractivity contribution < 1.29 is 4.79 Å². The molecular weight excluding hydrogens is 347 g/mol. The molecule has 1 unspecified atom stereocenters. The lowest BCUT2D eigenvalue weighted by Crippen LogP contribution is -2.43. The van der Waals surface area contributed by atoms with Crippen molar-refractivity contribution in [3.63, 3.8) is 0 Å². The minimum atomic E-state index is -0.221. The van der Waals surface area contributed by atoms with Crippen LogP contribution in [0.4, 0.5) is 0 Å². The number of nitrogens with one attached hydrogen (secondary N) is 1. The van der Waals surface area contributed by atoms with Gasteiger partial charge in [0.2, 0.25) is 0 Å². The fraction of sp³-hybridized carbons (Fsp3) is 0.333. The number of halogens is 1. The molecule has 1 aromatic rings. The first-order chi connectivity index (χ1) is 8.04. The molecule has 3 nitrogen and oxygen atoms in total. The summed E-state index contributed by atoms with van der Waals surface area (Å²) in [5, 5.41) is 2.85. The molecule has 17 heavy (non-hydrogen) atoms. The molecule has 0 aromatic heterocycles. The summed E-state index contributed by atoms with van der Waals surface area (Å²) in [4.78, 5) is 12.3. The van der Waals surface area contributed by atoms with Gasteiger partial charge in [-0.25, -0.2) is 0 Å². The van der Waals surface area contributed by atoms with Crippen molar-refractivity contribution in [1.82, 2.24) is 5.32 Å². The van der Waals surface area contributed by atoms with Gasteiger partial charge in [0.25, 0.3) is 5.91 Å². The Kier molecular flexibility index (Phi) is 5.84. The third-order valence-corrected chi connectivity index (χ3v) is 3.34. The molecule has 0 aliphatic rings. The van der Waals surface area contributed by atoms with Gasteiger partial charge in [0.15, 0.2) is 0 Å². The van der Waals surface area contributed by atoms with E-state index in [1.54, 1.807) is 12.1 Å². The second-order valence-corrected chi connectivity index (χ2v) is 5.44. The number of thiocarbonyl (C=S) groups is 1. The normalized spacial score (nSPS) is 11.9. The number of benzene rings is 1. The summed E-state index contributed by atoms with van der Waals surface area (Å²) in [6.07, 6.45) is 1.69. The largest absolute Gasteiger partial charge is 0.392 e. The predicted molar refractivity (Wildman–Crippen MR) is 82.1 cm³/mol. The van der Waals surface area contributed by atoms with E-state index >= 15 is 0 Å². The molecule has 0 heterocycles. The Morgan fingerprint density at radius 3 is 2.53 bits per heavy atom. The van der Waals surface area contributed by atoms with Crippen molar-refractivity contribution in [1.29, 1.82) is 0 Å². The van der Waals surface area contributed by atoms with Gasteiger partial charge in [0.05, 0.1) is 11.0 Å². The lowest BCUT2D eigenvalue weighted by Gasteiger charge is -2.16. The molecule has 0 bridgehead atoms. The van der Waals surface area contributed by atoms with Crippen molar-refractivity contribution in [3.8, 4) is 0 Å². The molecule has 0 fully saturated rings. The highest BCUT2D eigenvalue weighted by Gasteiger charge is 2.14. The minimum Gasteiger partial charge on any atom is -0.392 e. The van der Waals surface area contributed by atoms with Gasteiger partial charge < -0.3 is 11.1 Å². The summed E-state index contributed by atoms with van der Waals surface area (Å²) < 4.78 is 1.10. The first-order valence-electron chi connectivity index (χ1n) is 5.40. The first-order valence-corrected chi connectivity index (χ1v) is 6.89. The van der Waals surface area contributed by atoms with Crippen molar-refractivity contribution in [3.05, 3.63) is 33.4 Å². The first kappa shape index (κ1) is 14.4. The third-order valence-electron chi connectivity index (χ3n) is 2.33. The average Bonchev–Trinajstić information content (AvgIpc) is 2.29. The Hall–Kier alpha value is -0.690. The highest BCUT2D eigenvalue weighted by molar-refractivity contribution is 14.1. The number of carbonyl (C=O) groups excluding carboxylic acids is 1. The number of hydrogen-bond acceptors (Lipinski definition) is 2. The molecule has 1 rings (SSSR count). The van der Waals surface area contributed by atoms with Crippen molar-refractivity contribution >= 4 is 45.7 Å². The van der Waals surface area contributed by atoms with Crippen LogP contribution in [0, 0.1) is 3.57 Å². The zero-order valence-corrected chi connectivity index (χ0v) is 12.5. The van der Waals surface area contributed by atoms with Crippen LogP contribution in [0.15, 0.2) is 24.3 Å². The van der Waals surface area contributed by atoms with E-state index < -0.39 is 0 Å². The Morgan fingerprint density at radius 2 is 2.06 bits per heavy atom. The van der Waals surface area contributed by atoms with E-state index in [2.05, 4.69) is 27.9 Å². The smallest absolute Gasteiger partial charge is 0.251 e. The summed E-state index contributed by atoms with van der Waals surface area (Å²) in [6, 6.07) is 7.15. The summed E-state index contributed by atoms with van der Waals surface area (Å²) in [7, 11) is 0. The quantitative estimate of drug-likeness (QED) is 0.625. The third kappa shape index (κ3) is 4.59. The van der Waals surface area contributed by atoms with Gasteiger partial charge in [0, 0.05) is 9.13 Å². The minimum absolute atomic E-state index is 0.132. The number of amides is 1. The maximum atomic E-state index is 11.9. The van der Waals surface area contributed by atoms with Crippen LogP contribution in [0.2, 0.25) is 0 Å². The topological polar surface area (TPSA) is 55.1 Å². The van der Waals surface area contributed by atoms with E-state index in [1.807, 2.05) is 19.1 Å². The van der Waals surface area contributed by atoms with E-state index in [-0.39, 0.29) is 11.9 Å². The molecule has 1 atom stereocenters. The molecule has 1 amide bonds. The van der Waals surface area contributed by atoms with Gasteiger partial charge in [0.1, 0.15) is 0 Å². The zero-order chi connectivity index (χ0) is 12.8. The molecule has 3 N–H and O–H groups in total. The van der Waals surface area contributed by atoms with Gasteiger partial charge in [-0.1, -0.05) is 25.6 Å². The van der Waals surface area contributed by atoms with Crippen molar-refractivity contribution in [2.45, 2.75) is 25.8 Å². The zero-order valence-electron chi connectivity index (χ0n) is 9.57. The van der Waals surface area contributed by atoms with Crippen LogP contribution in [0.25, 0.3) is 0 Å². The molecule has 1 aromatic carbocycles. The van der Waals surface area contributed by atoms with Crippen LogP contribution < -0.4 is 11.1 Å². The van der Waals surface area contributed by atoms with E-state index in [4.69, 9.17) is 18.0 Å². The van der Waals surface area contributed by atoms with E-state index in [0.29, 0.717) is 10.6 Å². The summed E-state index contributed by atoms with van der Waals surface area (Å²) in [6.45, 7) is 2.03. The summed E-state index contributed by atoms with van der Waals surface area (Å²) in [5.74, 6) is -0.132. The molecule has 92 valence electrons. The van der Waals surface area contributed by atoms with E-state index in [9.17, 15) is 4.79 Å². The van der Waals surface area contributed by atoms with Crippen LogP contribution in [-0.4, -0.2) is 16.9 Å². The van der Waals surface area contributed by atoms with E-state index in [1.165, 1.54) is 0 Å². The Balaban J connectivity index is 2.70. The molecular formula is C12H15IN2OS. The van der Waals surface area contributed by atoms with Gasteiger partial charge in [-0.2, -0.15) is 0 Å². The number of hydrogen-bond donors (Lipinski definition) is 2. The highest BCUT2D eigenvalue weighted by Crippen LogP contribution is 2.07. The number of rotatable bonds is 5. The summed E-state index contributed by atoms with van der Waals surface area (Å²) >= 11 is 7.13. The Bertz CT molecular complexity index is 405. The predicted octanol–water partition coefficient (Wildman–Crippen LogP) is 2.48. The monoisotopic (exact) mass is 362 g/mol. The van der Waals surface area contributed by atoms with Gasteiger partial charge in [-0.05, 0) is 53.3 Å². The molecule has 0 aliphatic carbocycles. The molecule has 0 radical (unpaired) electrons. The van der Waals surface area contributed by atoms with Crippen LogP contribution in [0.1, 0.15) is 30.1 Å². The fourth-order valence-electron chi connectivity index (χ4n) is 1.42. The number of carbonyl (C=O) groups is 1. The second kappa shape index (κ2) is 6.90. The number of nitrogens with two attached hydrogens (primary N) is 1. The van der Waals surface area contributed by atoms with Crippen LogP contribution in [0.3, 0.4) is 0 Å². The Labute approximate surface area is 120 Å². The van der Waals surface area contributed by atoms with Crippen LogP contribution in [-0.2, 0) is 0 Å². The Morgan fingerprint density at radius 1 is 1.47 bits per heavy atom. The molecule has 5 heteroatoms. The van der Waals surface area contributed by atoms with Crippen molar-refractivity contribution in [2.75, 3.05) is 0 Å². The standard InChI is InChI=1S/C12H15IN2OS/c1-2-3-10(11(14)17)15-12(16)8-4-6-9(13)7-5-8/h4-7,10H,2-3H2,1H3,(H2,14,17)(H,15,16). The average molecular weight is 362 g/mol. The molecule has 0 saturated heterocycles. The molecule has 0 spiro atoms. The van der Waals surface area contributed by atoms with Crippen LogP contribution >= 0.6 is 34.8 Å². The SMILES string of the molecule is CCCC(NC(=O)c1ccc(I)cc1)C(N)=S. The fourth-order valence-corrected chi connectivity index (χ4v) is 1.95. The van der Waals surface area contributed by atoms with Crippen LogP contribution in [0.5, 0.6) is 0 Å². The second-order valence-electron chi connectivity index (χ2n) is 3.72. The van der Waals surface area contributed by atoms with Gasteiger partial charge in [-0.15, -0.1) is 0 Å². The van der Waals surface area contributed by atoms with Crippen molar-refractivity contribution in [2.24, 2.45) is 5.73 Å². The summed E-state index contributed by atoms with van der Waals surface area (Å²) in [5.41, 5.74) is 6.22. The highest BCUT2D eigenvalue weighted by atomic mass is 127. The lowest BCUT2D eigenvalue weighted by molar-refractivity contribution is 0.0945. The van der Waals surface area contributed by atoms with Gasteiger partial charge >= 0.3 is 0 Å². The van der Waals surface area contributed by atoms with Gasteiger partial charge in [-0.3, -0.25) is 4.79 Å². The molecule has 0 saturated carbocycles. The molecule has 0 aliphatic heterocycles.